The van der Waals surface area contributed by atoms with Crippen molar-refractivity contribution in [3.8, 4) is 22.5 Å². The summed E-state index contributed by atoms with van der Waals surface area (Å²) in [6.45, 7) is 3.81. The normalized spacial score (nSPS) is 12.0. The molecule has 2 nitrogen and oxygen atoms in total. The summed E-state index contributed by atoms with van der Waals surface area (Å²) in [5.41, 5.74) is 4.94. The molecule has 5 heteroatoms. The number of benzene rings is 4. The smallest absolute Gasteiger partial charge is 0 e. The van der Waals surface area contributed by atoms with Gasteiger partial charge in [0.25, 0.3) is 0 Å². The number of hydrogen-bond donors (Lipinski definition) is 0. The number of aromatic nitrogens is 2. The Hall–Kier alpha value is -3.15. The van der Waals surface area contributed by atoms with E-state index in [-0.39, 0.29) is 20.1 Å². The van der Waals surface area contributed by atoms with E-state index in [1.54, 1.807) is 17.5 Å². The van der Waals surface area contributed by atoms with Crippen LogP contribution in [0.25, 0.3) is 53.5 Å². The van der Waals surface area contributed by atoms with Crippen LogP contribution in [-0.4, -0.2) is 23.2 Å². The molecule has 0 saturated carbocycles. The molecule has 0 fully saturated rings. The van der Waals surface area contributed by atoms with Crippen LogP contribution in [0.4, 0.5) is 0 Å². The van der Waals surface area contributed by atoms with Gasteiger partial charge in [0.15, 0.2) is 0 Å². The first kappa shape index (κ1) is 29.9. The first-order valence-electron chi connectivity index (χ1n) is 14.7. The molecule has 4 aromatic carbocycles. The van der Waals surface area contributed by atoms with Crippen LogP contribution in [0.2, 0.25) is 17.3 Å². The molecule has 0 unspecified atom stereocenters. The minimum atomic E-state index is -1.72. The molecule has 3 aromatic heterocycles. The Morgan fingerprint density at radius 3 is 2.33 bits per heavy atom. The number of hydrogen-bond acceptors (Lipinski definition) is 3. The number of nitrogens with zero attached hydrogens (tertiary/aromatic N) is 2. The number of pyridine rings is 2. The maximum Gasteiger partial charge on any atom is 0 e. The summed E-state index contributed by atoms with van der Waals surface area (Å²) in [7, 11) is 0. The van der Waals surface area contributed by atoms with Crippen molar-refractivity contribution in [2.45, 2.75) is 37.0 Å². The minimum Gasteiger partial charge on any atom is 0 e. The van der Waals surface area contributed by atoms with E-state index in [2.05, 4.69) is 94.0 Å². The summed E-state index contributed by atoms with van der Waals surface area (Å²) in [6.07, 6.45) is 3.84. The van der Waals surface area contributed by atoms with E-state index in [1.807, 2.05) is 62.5 Å². The second kappa shape index (κ2) is 13.2. The summed E-state index contributed by atoms with van der Waals surface area (Å²) < 4.78 is 12.3. The first-order valence-corrected chi connectivity index (χ1v) is 22.4. The number of thiophene rings is 1. The predicted molar refractivity (Wildman–Crippen MR) is 184 cm³/mol. The fourth-order valence-corrected chi connectivity index (χ4v) is 8.52. The van der Waals surface area contributed by atoms with Crippen molar-refractivity contribution >= 4 is 59.9 Å². The Morgan fingerprint density at radius 2 is 1.60 bits per heavy atom. The molecular formula is C38H34GeIrN2S-2. The SMILES string of the molecule is [2H]C(C)(C)c1ccnc(-c2[c-]ccc3c2sc2ccc4ccccc4c23)c1.[CH3][Ge]([CH3])([CH3])[c]1ccc(-c2[c-]cccc2)nc1.[Ir]. The van der Waals surface area contributed by atoms with Crippen LogP contribution in [0.3, 0.4) is 0 Å². The molecule has 0 atom stereocenters. The Balaban J connectivity index is 0.000000194. The van der Waals surface area contributed by atoms with E-state index in [0.29, 0.717) is 0 Å². The van der Waals surface area contributed by atoms with E-state index in [4.69, 9.17) is 1.37 Å². The summed E-state index contributed by atoms with van der Waals surface area (Å²) in [4.78, 5) is 9.13. The van der Waals surface area contributed by atoms with Crippen LogP contribution in [0.5, 0.6) is 0 Å². The maximum absolute atomic E-state index is 8.34. The molecule has 0 spiro atoms. The average Bonchev–Trinajstić information content (AvgIpc) is 3.41. The van der Waals surface area contributed by atoms with Gasteiger partial charge in [0, 0.05) is 32.4 Å². The molecule has 0 N–H and O–H groups in total. The molecule has 0 aliphatic carbocycles. The second-order valence-corrected chi connectivity index (χ2v) is 23.5. The van der Waals surface area contributed by atoms with E-state index in [0.717, 1.165) is 28.1 Å². The van der Waals surface area contributed by atoms with Gasteiger partial charge < -0.3 is 4.98 Å². The second-order valence-electron chi connectivity index (χ2n) is 11.7. The Kier molecular flexibility index (Phi) is 9.20. The molecule has 0 aliphatic heterocycles. The zero-order valence-corrected chi connectivity index (χ0v) is 30.3. The molecule has 1 radical (unpaired) electrons. The number of fused-ring (bicyclic) bond motifs is 5. The zero-order chi connectivity index (χ0) is 30.2. The summed E-state index contributed by atoms with van der Waals surface area (Å²) in [6, 6.07) is 39.9. The molecule has 0 saturated heterocycles. The van der Waals surface area contributed by atoms with Crippen LogP contribution in [0.15, 0.2) is 109 Å². The largest absolute Gasteiger partial charge is 0 e. The zero-order valence-electron chi connectivity index (χ0n) is 26.0. The van der Waals surface area contributed by atoms with Crippen molar-refractivity contribution in [1.29, 1.82) is 0 Å². The van der Waals surface area contributed by atoms with Gasteiger partial charge in [-0.2, -0.15) is 11.3 Å². The van der Waals surface area contributed by atoms with Gasteiger partial charge in [-0.1, -0.05) is 61.2 Å². The molecule has 217 valence electrons. The number of rotatable bonds is 4. The molecule has 7 rings (SSSR count). The van der Waals surface area contributed by atoms with Gasteiger partial charge >= 0.3 is 99.8 Å². The average molecular weight is 817 g/mol. The minimum absolute atomic E-state index is 0. The van der Waals surface area contributed by atoms with Crippen molar-refractivity contribution in [2.75, 3.05) is 0 Å². The van der Waals surface area contributed by atoms with Gasteiger partial charge in [0.1, 0.15) is 0 Å². The molecule has 0 aliphatic rings. The van der Waals surface area contributed by atoms with Gasteiger partial charge in [0.2, 0.25) is 0 Å². The molecule has 7 aromatic rings. The van der Waals surface area contributed by atoms with Gasteiger partial charge in [0.05, 0.1) is 0 Å². The van der Waals surface area contributed by atoms with Crippen LogP contribution >= 0.6 is 11.3 Å². The molecule has 43 heavy (non-hydrogen) atoms. The fraction of sp³-hybridized carbons (Fsp3) is 0.158. The Labute approximate surface area is 276 Å². The topological polar surface area (TPSA) is 25.8 Å². The van der Waals surface area contributed by atoms with Crippen molar-refractivity contribution in [3.05, 3.63) is 127 Å². The molecule has 3 heterocycles. The van der Waals surface area contributed by atoms with Gasteiger partial charge in [-0.05, 0) is 44.6 Å². The van der Waals surface area contributed by atoms with E-state index >= 15 is 0 Å². The van der Waals surface area contributed by atoms with Crippen molar-refractivity contribution in [1.82, 2.24) is 9.97 Å². The monoisotopic (exact) mass is 818 g/mol. The first-order chi connectivity index (χ1) is 20.6. The van der Waals surface area contributed by atoms with Crippen LogP contribution < -0.4 is 4.40 Å². The van der Waals surface area contributed by atoms with Crippen LogP contribution in [0, 0.1) is 12.1 Å². The third kappa shape index (κ3) is 6.68. The Morgan fingerprint density at radius 1 is 0.791 bits per heavy atom. The van der Waals surface area contributed by atoms with Crippen molar-refractivity contribution in [3.63, 3.8) is 0 Å². The van der Waals surface area contributed by atoms with Crippen LogP contribution in [-0.2, 0) is 20.1 Å². The van der Waals surface area contributed by atoms with Crippen LogP contribution in [0.1, 0.15) is 26.7 Å². The van der Waals surface area contributed by atoms with Gasteiger partial charge in [-0.15, -0.1) is 23.8 Å². The quantitative estimate of drug-likeness (QED) is 0.131. The van der Waals surface area contributed by atoms with Gasteiger partial charge in [-0.25, -0.2) is 0 Å². The van der Waals surface area contributed by atoms with Crippen molar-refractivity contribution < 1.29 is 21.5 Å². The van der Waals surface area contributed by atoms with E-state index in [1.165, 1.54) is 35.3 Å². The molecule has 0 bridgehead atoms. The Bertz CT molecular complexity index is 2040. The maximum atomic E-state index is 8.34. The standard InChI is InChI=1S/C24H18NS.C14H16GeN.Ir/c1-15(2)17-12-13-25-21(14-17)19-8-5-9-20-23-18-7-4-3-6-16(18)10-11-22(23)26-24(19)20;1-15(2,3)13-9-10-14(16-11-13)12-7-5-4-6-8-12;/h3-7,9-15H,1-2H3;4-7,9-11H,1-3H3;/q2*-1;/i15D;;. The van der Waals surface area contributed by atoms with E-state index < -0.39 is 19.2 Å². The third-order valence-electron chi connectivity index (χ3n) is 7.53. The summed E-state index contributed by atoms with van der Waals surface area (Å²) >= 11 is 0.0773. The van der Waals surface area contributed by atoms with Gasteiger partial charge in [-0.3, -0.25) is 0 Å². The predicted octanol–water partition coefficient (Wildman–Crippen LogP) is 10.3. The molecular weight excluding hydrogens is 781 g/mol. The van der Waals surface area contributed by atoms with Crippen molar-refractivity contribution in [2.24, 2.45) is 0 Å². The van der Waals surface area contributed by atoms with E-state index in [9.17, 15) is 0 Å². The third-order valence-corrected chi connectivity index (χ3v) is 13.0. The summed E-state index contributed by atoms with van der Waals surface area (Å²) in [5.74, 6) is 6.49. The fourth-order valence-electron chi connectivity index (χ4n) is 5.13. The summed E-state index contributed by atoms with van der Waals surface area (Å²) in [5, 5.41) is 5.10. The molecule has 0 amide bonds.